The number of amides is 2. The summed E-state index contributed by atoms with van der Waals surface area (Å²) in [6.45, 7) is 11.3. The molecule has 1 aromatic carbocycles. The fourth-order valence-electron chi connectivity index (χ4n) is 5.70. The minimum Gasteiger partial charge on any atom is -0.390 e. The Balaban J connectivity index is 0.00000204. The van der Waals surface area contributed by atoms with E-state index in [1.807, 2.05) is 39.0 Å². The highest BCUT2D eigenvalue weighted by atomic mass is 35.5. The molecule has 8 heteroatoms. The van der Waals surface area contributed by atoms with Crippen molar-refractivity contribution in [2.75, 3.05) is 45.8 Å². The van der Waals surface area contributed by atoms with Crippen molar-refractivity contribution in [3.8, 4) is 0 Å². The number of benzene rings is 1. The molecule has 1 saturated carbocycles. The molecular formula is C26H39Cl2N3O3. The standard InChI is InChI=1S/C26H37N3O3.2ClH/c1-25(2)22-11-12-26(25,3)24(32)29(23(22)31)19-21(30)18-28-16-14-27(15-17-28)13-7-10-20-8-5-4-6-9-20;;/h4-10,21-22,30H,11-19H2,1-3H3;2*1H/b10-7+;;. The maximum absolute atomic E-state index is 13.2. The van der Waals surface area contributed by atoms with Gasteiger partial charge in [-0.25, -0.2) is 0 Å². The van der Waals surface area contributed by atoms with Crippen LogP contribution in [0.2, 0.25) is 0 Å². The molecular weight excluding hydrogens is 473 g/mol. The number of rotatable bonds is 7. The first-order chi connectivity index (χ1) is 15.2. The monoisotopic (exact) mass is 511 g/mol. The first-order valence-electron chi connectivity index (χ1n) is 11.9. The SMILES string of the molecule is CC12CCC(C(=O)N(CC(O)CN3CCN(C/C=C/c4ccccc4)CC3)C1=O)C2(C)C.Cl.Cl. The summed E-state index contributed by atoms with van der Waals surface area (Å²) in [4.78, 5) is 32.2. The van der Waals surface area contributed by atoms with Crippen molar-refractivity contribution in [1.82, 2.24) is 14.7 Å². The van der Waals surface area contributed by atoms with Crippen LogP contribution in [0.1, 0.15) is 39.2 Å². The van der Waals surface area contributed by atoms with E-state index in [1.165, 1.54) is 10.5 Å². The maximum atomic E-state index is 13.2. The van der Waals surface area contributed by atoms with Gasteiger partial charge in [-0.05, 0) is 23.8 Å². The maximum Gasteiger partial charge on any atom is 0.235 e. The molecule has 1 aliphatic carbocycles. The number of aliphatic hydroxyl groups is 1. The first kappa shape index (κ1) is 28.8. The Morgan fingerprint density at radius 2 is 1.62 bits per heavy atom. The summed E-state index contributed by atoms with van der Waals surface area (Å²) in [6.07, 6.45) is 5.15. The largest absolute Gasteiger partial charge is 0.390 e. The average molecular weight is 513 g/mol. The van der Waals surface area contributed by atoms with E-state index in [9.17, 15) is 14.7 Å². The van der Waals surface area contributed by atoms with Crippen LogP contribution < -0.4 is 0 Å². The molecule has 0 radical (unpaired) electrons. The summed E-state index contributed by atoms with van der Waals surface area (Å²) >= 11 is 0. The third kappa shape index (κ3) is 5.52. The molecule has 1 N–H and O–H groups in total. The van der Waals surface area contributed by atoms with Crippen LogP contribution in [-0.2, 0) is 9.59 Å². The molecule has 4 rings (SSSR count). The number of piperidine rings is 1. The molecule has 190 valence electrons. The lowest BCUT2D eigenvalue weighted by Gasteiger charge is -2.48. The van der Waals surface area contributed by atoms with Crippen molar-refractivity contribution in [2.24, 2.45) is 16.7 Å². The number of fused-ring (bicyclic) bond motifs is 2. The predicted molar refractivity (Wildman–Crippen MR) is 140 cm³/mol. The minimum absolute atomic E-state index is 0. The molecule has 3 fully saturated rings. The predicted octanol–water partition coefficient (Wildman–Crippen LogP) is 3.33. The van der Waals surface area contributed by atoms with Gasteiger partial charge in [-0.15, -0.1) is 24.8 Å². The van der Waals surface area contributed by atoms with Crippen LogP contribution in [-0.4, -0.2) is 83.5 Å². The zero-order chi connectivity index (χ0) is 22.9. The summed E-state index contributed by atoms with van der Waals surface area (Å²) in [6, 6.07) is 10.3. The molecule has 2 bridgehead atoms. The highest BCUT2D eigenvalue weighted by molar-refractivity contribution is 6.03. The van der Waals surface area contributed by atoms with Crippen molar-refractivity contribution in [1.29, 1.82) is 0 Å². The van der Waals surface area contributed by atoms with Gasteiger partial charge in [-0.2, -0.15) is 0 Å². The number of nitrogens with zero attached hydrogens (tertiary/aromatic N) is 3. The first-order valence-corrected chi connectivity index (χ1v) is 11.9. The fourth-order valence-corrected chi connectivity index (χ4v) is 5.70. The molecule has 1 aromatic rings. The van der Waals surface area contributed by atoms with Gasteiger partial charge in [0.1, 0.15) is 0 Å². The zero-order valence-electron chi connectivity index (χ0n) is 20.5. The number of hydrogen-bond acceptors (Lipinski definition) is 5. The summed E-state index contributed by atoms with van der Waals surface area (Å²) in [7, 11) is 0. The Hall–Kier alpha value is -1.44. The second-order valence-electron chi connectivity index (χ2n) is 10.5. The second-order valence-corrected chi connectivity index (χ2v) is 10.5. The molecule has 0 aromatic heterocycles. The summed E-state index contributed by atoms with van der Waals surface area (Å²) in [5.74, 6) is -0.316. The number of carbonyl (C=O) groups is 2. The van der Waals surface area contributed by atoms with Gasteiger partial charge in [0.25, 0.3) is 0 Å². The van der Waals surface area contributed by atoms with E-state index in [0.29, 0.717) is 6.54 Å². The van der Waals surface area contributed by atoms with Gasteiger partial charge in [0, 0.05) is 45.2 Å². The Morgan fingerprint density at radius 1 is 1.00 bits per heavy atom. The molecule has 2 saturated heterocycles. The fraction of sp³-hybridized carbons (Fsp3) is 0.615. The van der Waals surface area contributed by atoms with E-state index in [4.69, 9.17) is 0 Å². The van der Waals surface area contributed by atoms with Crippen molar-refractivity contribution >= 4 is 42.7 Å². The number of hydrogen-bond donors (Lipinski definition) is 1. The van der Waals surface area contributed by atoms with Crippen LogP contribution in [0.3, 0.4) is 0 Å². The van der Waals surface area contributed by atoms with Gasteiger partial charge in [0.2, 0.25) is 11.8 Å². The topological polar surface area (TPSA) is 64.1 Å². The van der Waals surface area contributed by atoms with Gasteiger partial charge in [-0.1, -0.05) is 63.3 Å². The number of piperazine rings is 1. The second kappa shape index (κ2) is 11.5. The van der Waals surface area contributed by atoms with Crippen LogP contribution in [0.5, 0.6) is 0 Å². The number of carbonyl (C=O) groups excluding carboxylic acids is 2. The lowest BCUT2D eigenvalue weighted by atomic mass is 9.62. The molecule has 2 heterocycles. The zero-order valence-corrected chi connectivity index (χ0v) is 22.1. The van der Waals surface area contributed by atoms with Gasteiger partial charge in [-0.3, -0.25) is 24.3 Å². The van der Waals surface area contributed by atoms with Gasteiger partial charge in [0.15, 0.2) is 0 Å². The lowest BCUT2D eigenvalue weighted by molar-refractivity contribution is -0.169. The van der Waals surface area contributed by atoms with E-state index < -0.39 is 11.5 Å². The van der Waals surface area contributed by atoms with E-state index in [1.54, 1.807) is 0 Å². The Kier molecular flexibility index (Phi) is 9.76. The number of imide groups is 1. The van der Waals surface area contributed by atoms with Crippen molar-refractivity contribution in [3.05, 3.63) is 42.0 Å². The van der Waals surface area contributed by atoms with Crippen LogP contribution in [0.25, 0.3) is 6.08 Å². The van der Waals surface area contributed by atoms with Gasteiger partial charge >= 0.3 is 0 Å². The number of halogens is 2. The van der Waals surface area contributed by atoms with Crippen molar-refractivity contribution < 1.29 is 14.7 Å². The Morgan fingerprint density at radius 3 is 2.26 bits per heavy atom. The van der Waals surface area contributed by atoms with E-state index in [-0.39, 0.29) is 54.5 Å². The number of aliphatic hydroxyl groups excluding tert-OH is 1. The molecule has 2 amide bonds. The summed E-state index contributed by atoms with van der Waals surface area (Å²) in [5.41, 5.74) is 0.389. The Bertz CT molecular complexity index is 871. The smallest absolute Gasteiger partial charge is 0.235 e. The molecule has 2 aliphatic heterocycles. The van der Waals surface area contributed by atoms with Gasteiger partial charge < -0.3 is 5.11 Å². The summed E-state index contributed by atoms with van der Waals surface area (Å²) < 4.78 is 0. The minimum atomic E-state index is -0.711. The van der Waals surface area contributed by atoms with E-state index >= 15 is 0 Å². The number of likely N-dealkylation sites (tertiary alicyclic amines) is 1. The van der Waals surface area contributed by atoms with E-state index in [2.05, 4.69) is 34.1 Å². The van der Waals surface area contributed by atoms with Crippen molar-refractivity contribution in [2.45, 2.75) is 39.7 Å². The molecule has 3 atom stereocenters. The van der Waals surface area contributed by atoms with Crippen LogP contribution in [0.15, 0.2) is 36.4 Å². The van der Waals surface area contributed by atoms with Crippen LogP contribution in [0, 0.1) is 16.7 Å². The number of β-amino-alcohol motifs (C(OH)–C–C–N with tert-alkyl or cyclic N) is 1. The molecule has 3 unspecified atom stereocenters. The van der Waals surface area contributed by atoms with Gasteiger partial charge in [0.05, 0.1) is 18.1 Å². The quantitative estimate of drug-likeness (QED) is 0.568. The van der Waals surface area contributed by atoms with E-state index in [0.717, 1.165) is 45.6 Å². The molecule has 0 spiro atoms. The molecule has 34 heavy (non-hydrogen) atoms. The third-order valence-corrected chi connectivity index (χ3v) is 8.31. The Labute approximate surface area is 216 Å². The third-order valence-electron chi connectivity index (χ3n) is 8.31. The highest BCUT2D eigenvalue weighted by Gasteiger charge is 2.64. The van der Waals surface area contributed by atoms with Crippen LogP contribution >= 0.6 is 24.8 Å². The normalized spacial score (nSPS) is 28.0. The lowest BCUT2D eigenvalue weighted by Crippen LogP contribution is -2.61. The average Bonchev–Trinajstić information content (AvgIpc) is 2.97. The highest BCUT2D eigenvalue weighted by Crippen LogP contribution is 2.60. The molecule has 6 nitrogen and oxygen atoms in total. The summed E-state index contributed by atoms with van der Waals surface area (Å²) in [5, 5.41) is 10.7. The van der Waals surface area contributed by atoms with Crippen LogP contribution in [0.4, 0.5) is 0 Å². The molecule has 3 aliphatic rings. The van der Waals surface area contributed by atoms with Crippen molar-refractivity contribution in [3.63, 3.8) is 0 Å².